The van der Waals surface area contributed by atoms with Gasteiger partial charge < -0.3 is 15.4 Å². The van der Waals surface area contributed by atoms with Gasteiger partial charge in [-0.3, -0.25) is 9.59 Å². The van der Waals surface area contributed by atoms with E-state index in [1.165, 1.54) is 6.92 Å². The Morgan fingerprint density at radius 2 is 1.91 bits per heavy atom. The second-order valence-electron chi connectivity index (χ2n) is 5.62. The third kappa shape index (κ3) is 3.34. The van der Waals surface area contributed by atoms with Crippen LogP contribution in [0.15, 0.2) is 42.5 Å². The van der Waals surface area contributed by atoms with Gasteiger partial charge in [0.2, 0.25) is 5.91 Å². The van der Waals surface area contributed by atoms with Gasteiger partial charge in [-0.05, 0) is 42.3 Å². The Morgan fingerprint density at radius 3 is 2.61 bits per heavy atom. The SMILES string of the molecule is CC(=O)Nc1ccc(NC(=O)[C@H]2Cc3ccccc3O2)cc1C. The fourth-order valence-corrected chi connectivity index (χ4v) is 2.62. The van der Waals surface area contributed by atoms with E-state index < -0.39 is 6.10 Å². The zero-order chi connectivity index (χ0) is 16.4. The van der Waals surface area contributed by atoms with Gasteiger partial charge in [0, 0.05) is 24.7 Å². The van der Waals surface area contributed by atoms with Crippen LogP contribution in [-0.2, 0) is 16.0 Å². The molecule has 1 aliphatic heterocycles. The maximum atomic E-state index is 12.4. The summed E-state index contributed by atoms with van der Waals surface area (Å²) in [5.41, 5.74) is 3.35. The third-order valence-corrected chi connectivity index (χ3v) is 3.74. The van der Waals surface area contributed by atoms with E-state index in [9.17, 15) is 9.59 Å². The van der Waals surface area contributed by atoms with Crippen molar-refractivity contribution in [1.82, 2.24) is 0 Å². The summed E-state index contributed by atoms with van der Waals surface area (Å²) >= 11 is 0. The molecule has 2 aromatic carbocycles. The number of carbonyl (C=O) groups is 2. The average molecular weight is 310 g/mol. The molecule has 0 saturated carbocycles. The molecule has 2 amide bonds. The zero-order valence-electron chi connectivity index (χ0n) is 13.1. The summed E-state index contributed by atoms with van der Waals surface area (Å²) in [6.07, 6.45) is 0.0630. The number of aryl methyl sites for hydroxylation is 1. The molecule has 0 unspecified atom stereocenters. The van der Waals surface area contributed by atoms with Gasteiger partial charge in [-0.15, -0.1) is 0 Å². The summed E-state index contributed by atoms with van der Waals surface area (Å²) in [5.74, 6) is 0.472. The number of para-hydroxylation sites is 1. The van der Waals surface area contributed by atoms with Crippen molar-refractivity contribution in [3.05, 3.63) is 53.6 Å². The van der Waals surface area contributed by atoms with Crippen LogP contribution < -0.4 is 15.4 Å². The van der Waals surface area contributed by atoms with Crippen LogP contribution >= 0.6 is 0 Å². The van der Waals surface area contributed by atoms with Gasteiger partial charge in [0.25, 0.3) is 5.91 Å². The maximum Gasteiger partial charge on any atom is 0.265 e. The summed E-state index contributed by atoms with van der Waals surface area (Å²) in [4.78, 5) is 23.5. The van der Waals surface area contributed by atoms with Crippen molar-refractivity contribution in [3.8, 4) is 5.75 Å². The molecule has 0 aromatic heterocycles. The Morgan fingerprint density at radius 1 is 1.13 bits per heavy atom. The molecule has 0 fully saturated rings. The Labute approximate surface area is 134 Å². The number of hydrogen-bond donors (Lipinski definition) is 2. The Bertz CT molecular complexity index is 746. The van der Waals surface area contributed by atoms with Gasteiger partial charge in [0.1, 0.15) is 5.75 Å². The van der Waals surface area contributed by atoms with E-state index in [1.54, 1.807) is 12.1 Å². The minimum absolute atomic E-state index is 0.123. The normalized spacial score (nSPS) is 15.5. The molecule has 118 valence electrons. The van der Waals surface area contributed by atoms with E-state index in [4.69, 9.17) is 4.74 Å². The first kappa shape index (κ1) is 15.1. The molecule has 2 N–H and O–H groups in total. The van der Waals surface area contributed by atoms with Gasteiger partial charge in [0.05, 0.1) is 0 Å². The van der Waals surface area contributed by atoms with E-state index in [2.05, 4.69) is 10.6 Å². The number of fused-ring (bicyclic) bond motifs is 1. The molecule has 5 nitrogen and oxygen atoms in total. The highest BCUT2D eigenvalue weighted by molar-refractivity contribution is 5.96. The molecule has 1 aliphatic rings. The number of nitrogens with one attached hydrogen (secondary N) is 2. The van der Waals surface area contributed by atoms with Crippen molar-refractivity contribution in [2.75, 3.05) is 10.6 Å². The third-order valence-electron chi connectivity index (χ3n) is 3.74. The molecule has 0 aliphatic carbocycles. The summed E-state index contributed by atoms with van der Waals surface area (Å²) in [6, 6.07) is 13.0. The Balaban J connectivity index is 1.67. The summed E-state index contributed by atoms with van der Waals surface area (Å²) in [5, 5.41) is 5.61. The summed E-state index contributed by atoms with van der Waals surface area (Å²) < 4.78 is 5.68. The van der Waals surface area contributed by atoms with E-state index >= 15 is 0 Å². The van der Waals surface area contributed by atoms with E-state index in [0.717, 1.165) is 22.6 Å². The lowest BCUT2D eigenvalue weighted by molar-refractivity contribution is -0.122. The van der Waals surface area contributed by atoms with E-state index in [1.807, 2.05) is 37.3 Å². The first-order valence-corrected chi connectivity index (χ1v) is 7.46. The summed E-state index contributed by atoms with van der Waals surface area (Å²) in [7, 11) is 0. The minimum atomic E-state index is -0.511. The first-order valence-electron chi connectivity index (χ1n) is 7.46. The first-order chi connectivity index (χ1) is 11.0. The number of anilines is 2. The number of ether oxygens (including phenoxy) is 1. The van der Waals surface area contributed by atoms with E-state index in [0.29, 0.717) is 12.1 Å². The average Bonchev–Trinajstić information content (AvgIpc) is 2.94. The maximum absolute atomic E-state index is 12.4. The molecule has 5 heteroatoms. The molecule has 2 aromatic rings. The second-order valence-corrected chi connectivity index (χ2v) is 5.62. The number of benzene rings is 2. The molecule has 23 heavy (non-hydrogen) atoms. The predicted octanol–water partition coefficient (Wildman–Crippen LogP) is 2.90. The molecular formula is C18H18N2O3. The lowest BCUT2D eigenvalue weighted by atomic mass is 10.1. The predicted molar refractivity (Wildman–Crippen MR) is 88.7 cm³/mol. The lowest BCUT2D eigenvalue weighted by Gasteiger charge is -2.13. The van der Waals surface area contributed by atoms with Gasteiger partial charge in [-0.25, -0.2) is 0 Å². The lowest BCUT2D eigenvalue weighted by Crippen LogP contribution is -2.31. The summed E-state index contributed by atoms with van der Waals surface area (Å²) in [6.45, 7) is 3.34. The van der Waals surface area contributed by atoms with Crippen LogP contribution in [0.4, 0.5) is 11.4 Å². The fraction of sp³-hybridized carbons (Fsp3) is 0.222. The van der Waals surface area contributed by atoms with Gasteiger partial charge in [-0.2, -0.15) is 0 Å². The monoisotopic (exact) mass is 310 g/mol. The highest BCUT2D eigenvalue weighted by Gasteiger charge is 2.28. The van der Waals surface area contributed by atoms with Crippen molar-refractivity contribution in [1.29, 1.82) is 0 Å². The van der Waals surface area contributed by atoms with Crippen LogP contribution in [0, 0.1) is 6.92 Å². The van der Waals surface area contributed by atoms with Crippen molar-refractivity contribution < 1.29 is 14.3 Å². The second kappa shape index (κ2) is 6.12. The molecule has 0 radical (unpaired) electrons. The molecule has 3 rings (SSSR count). The minimum Gasteiger partial charge on any atom is -0.480 e. The van der Waals surface area contributed by atoms with E-state index in [-0.39, 0.29) is 11.8 Å². The van der Waals surface area contributed by atoms with Crippen molar-refractivity contribution in [3.63, 3.8) is 0 Å². The topological polar surface area (TPSA) is 67.4 Å². The van der Waals surface area contributed by atoms with Gasteiger partial charge in [0.15, 0.2) is 6.10 Å². The Kier molecular flexibility index (Phi) is 4.02. The fourth-order valence-electron chi connectivity index (χ4n) is 2.62. The molecule has 1 atom stereocenters. The number of carbonyl (C=O) groups excluding carboxylic acids is 2. The van der Waals surface area contributed by atoms with Crippen molar-refractivity contribution in [2.45, 2.75) is 26.4 Å². The molecular weight excluding hydrogens is 292 g/mol. The molecule has 0 spiro atoms. The highest BCUT2D eigenvalue weighted by atomic mass is 16.5. The van der Waals surface area contributed by atoms with Crippen LogP contribution in [0.2, 0.25) is 0 Å². The van der Waals surface area contributed by atoms with Crippen molar-refractivity contribution >= 4 is 23.2 Å². The van der Waals surface area contributed by atoms with Gasteiger partial charge in [-0.1, -0.05) is 18.2 Å². The standard InChI is InChI=1S/C18H18N2O3/c1-11-9-14(7-8-15(11)19-12(2)21)20-18(22)17-10-13-5-3-4-6-16(13)23-17/h3-9,17H,10H2,1-2H3,(H,19,21)(H,20,22)/t17-/m1/s1. The van der Waals surface area contributed by atoms with Crippen LogP contribution in [-0.4, -0.2) is 17.9 Å². The Hall–Kier alpha value is -2.82. The van der Waals surface area contributed by atoms with Crippen LogP contribution in [0.1, 0.15) is 18.1 Å². The largest absolute Gasteiger partial charge is 0.480 e. The van der Waals surface area contributed by atoms with Crippen LogP contribution in [0.5, 0.6) is 5.75 Å². The quantitative estimate of drug-likeness (QED) is 0.916. The number of amides is 2. The highest BCUT2D eigenvalue weighted by Crippen LogP contribution is 2.29. The molecule has 0 bridgehead atoms. The smallest absolute Gasteiger partial charge is 0.265 e. The van der Waals surface area contributed by atoms with Crippen LogP contribution in [0.3, 0.4) is 0 Å². The molecule has 1 heterocycles. The number of rotatable bonds is 3. The molecule has 0 saturated heterocycles. The van der Waals surface area contributed by atoms with Gasteiger partial charge >= 0.3 is 0 Å². The zero-order valence-corrected chi connectivity index (χ0v) is 13.1. The van der Waals surface area contributed by atoms with Crippen LogP contribution in [0.25, 0.3) is 0 Å². The number of hydrogen-bond acceptors (Lipinski definition) is 3. The van der Waals surface area contributed by atoms with Crippen molar-refractivity contribution in [2.24, 2.45) is 0 Å².